The Kier molecular flexibility index (Phi) is 7.81. The van der Waals surface area contributed by atoms with Gasteiger partial charge in [0.15, 0.2) is 4.34 Å². The van der Waals surface area contributed by atoms with Crippen molar-refractivity contribution in [3.63, 3.8) is 0 Å². The fourth-order valence-electron chi connectivity index (χ4n) is 3.99. The number of aromatic nitrogens is 1. The molecule has 4 aromatic carbocycles. The molecule has 0 spiro atoms. The van der Waals surface area contributed by atoms with E-state index in [1.54, 1.807) is 30.3 Å². The van der Waals surface area contributed by atoms with E-state index in [1.807, 2.05) is 67.6 Å². The van der Waals surface area contributed by atoms with Crippen LogP contribution in [0.4, 0.5) is 10.1 Å². The lowest BCUT2D eigenvalue weighted by molar-refractivity contribution is -0.120. The number of thioether (sulfide) groups is 1. The van der Waals surface area contributed by atoms with Crippen molar-refractivity contribution in [3.8, 4) is 0 Å². The second-order valence-electron chi connectivity index (χ2n) is 8.62. The molecular formula is C30H24FN3O2S2. The van der Waals surface area contributed by atoms with Gasteiger partial charge in [0, 0.05) is 5.69 Å². The number of hydrogen-bond acceptors (Lipinski definition) is 5. The molecule has 0 radical (unpaired) electrons. The number of anilines is 1. The molecule has 0 aliphatic heterocycles. The number of amides is 2. The van der Waals surface area contributed by atoms with Gasteiger partial charge in [-0.3, -0.25) is 9.59 Å². The van der Waals surface area contributed by atoms with Gasteiger partial charge in [0.25, 0.3) is 5.91 Å². The number of benzene rings is 4. The summed E-state index contributed by atoms with van der Waals surface area (Å²) in [5.74, 6) is -1.18. The molecule has 0 saturated heterocycles. The largest absolute Gasteiger partial charge is 0.344 e. The molecule has 1 aromatic heterocycles. The van der Waals surface area contributed by atoms with Crippen molar-refractivity contribution in [2.45, 2.75) is 22.6 Å². The summed E-state index contributed by atoms with van der Waals surface area (Å²) >= 11 is 2.83. The third kappa shape index (κ3) is 5.93. The average molecular weight is 542 g/mol. The molecule has 38 heavy (non-hydrogen) atoms. The molecule has 2 N–H and O–H groups in total. The van der Waals surface area contributed by atoms with Crippen LogP contribution in [0.2, 0.25) is 0 Å². The molecule has 5 aromatic rings. The van der Waals surface area contributed by atoms with Crippen molar-refractivity contribution < 1.29 is 14.0 Å². The highest BCUT2D eigenvalue weighted by molar-refractivity contribution is 8.02. The fourth-order valence-corrected chi connectivity index (χ4v) is 6.25. The van der Waals surface area contributed by atoms with Crippen LogP contribution in [0.1, 0.15) is 34.5 Å². The summed E-state index contributed by atoms with van der Waals surface area (Å²) in [5.41, 5.74) is 3.31. The zero-order valence-electron chi connectivity index (χ0n) is 20.4. The van der Waals surface area contributed by atoms with Crippen LogP contribution < -0.4 is 10.6 Å². The highest BCUT2D eigenvalue weighted by atomic mass is 32.2. The Morgan fingerprint density at radius 3 is 2.16 bits per heavy atom. The first-order chi connectivity index (χ1) is 18.5. The lowest BCUT2D eigenvalue weighted by Gasteiger charge is -2.21. The van der Waals surface area contributed by atoms with E-state index in [4.69, 9.17) is 0 Å². The molecular weight excluding hydrogens is 517 g/mol. The van der Waals surface area contributed by atoms with Gasteiger partial charge in [-0.05, 0) is 48.4 Å². The van der Waals surface area contributed by atoms with Gasteiger partial charge in [-0.15, -0.1) is 11.3 Å². The van der Waals surface area contributed by atoms with Gasteiger partial charge in [-0.25, -0.2) is 9.37 Å². The van der Waals surface area contributed by atoms with Gasteiger partial charge in [-0.2, -0.15) is 0 Å². The molecule has 5 nitrogen and oxygen atoms in total. The lowest BCUT2D eigenvalue weighted by atomic mass is 9.98. The zero-order chi connectivity index (χ0) is 26.5. The van der Waals surface area contributed by atoms with Gasteiger partial charge < -0.3 is 10.6 Å². The number of thiazole rings is 1. The third-order valence-electron chi connectivity index (χ3n) is 5.94. The minimum Gasteiger partial charge on any atom is -0.344 e. The molecule has 1 heterocycles. The van der Waals surface area contributed by atoms with Crippen LogP contribution in [0.25, 0.3) is 10.2 Å². The van der Waals surface area contributed by atoms with Crippen LogP contribution in [0, 0.1) is 5.82 Å². The molecule has 2 amide bonds. The Hall–Kier alpha value is -4.01. The Morgan fingerprint density at radius 1 is 0.868 bits per heavy atom. The van der Waals surface area contributed by atoms with E-state index in [0.29, 0.717) is 5.69 Å². The molecule has 0 fully saturated rings. The molecule has 5 rings (SSSR count). The maximum atomic E-state index is 14.0. The van der Waals surface area contributed by atoms with Crippen LogP contribution in [0.3, 0.4) is 0 Å². The van der Waals surface area contributed by atoms with Crippen LogP contribution >= 0.6 is 23.1 Å². The number of fused-ring (bicyclic) bond motifs is 1. The number of halogens is 1. The van der Waals surface area contributed by atoms with E-state index in [-0.39, 0.29) is 22.8 Å². The van der Waals surface area contributed by atoms with E-state index < -0.39 is 11.7 Å². The maximum Gasteiger partial charge on any atom is 0.258 e. The highest BCUT2D eigenvalue weighted by Gasteiger charge is 2.22. The topological polar surface area (TPSA) is 71.1 Å². The Bertz CT molecular complexity index is 1540. The van der Waals surface area contributed by atoms with Crippen molar-refractivity contribution in [2.24, 2.45) is 0 Å². The maximum absolute atomic E-state index is 14.0. The molecule has 0 aliphatic rings. The number of hydrogen-bond donors (Lipinski definition) is 2. The van der Waals surface area contributed by atoms with Crippen molar-refractivity contribution in [1.29, 1.82) is 0 Å². The third-order valence-corrected chi connectivity index (χ3v) is 8.16. The molecule has 8 heteroatoms. The van der Waals surface area contributed by atoms with Crippen molar-refractivity contribution in [1.82, 2.24) is 10.3 Å². The highest BCUT2D eigenvalue weighted by Crippen LogP contribution is 2.34. The average Bonchev–Trinajstić information content (AvgIpc) is 3.34. The quantitative estimate of drug-likeness (QED) is 0.206. The number of rotatable bonds is 8. The summed E-state index contributed by atoms with van der Waals surface area (Å²) in [6.45, 7) is 1.86. The summed E-state index contributed by atoms with van der Waals surface area (Å²) in [7, 11) is 0. The zero-order valence-corrected chi connectivity index (χ0v) is 22.1. The standard InChI is InChI=1S/C30H24FN3O2S2/c1-19(28(35)34-27(20-10-4-2-5-11-20)21-12-6-3-7-13-21)37-30-33-25-17-16-22(18-26(25)38-30)32-29(36)23-14-8-9-15-24(23)31/h2-19,27H,1H3,(H,32,36)(H,34,35). The summed E-state index contributed by atoms with van der Waals surface area (Å²) < 4.78 is 15.6. The van der Waals surface area contributed by atoms with Gasteiger partial charge >= 0.3 is 0 Å². The molecule has 0 aliphatic carbocycles. The normalized spacial score (nSPS) is 11.9. The van der Waals surface area contributed by atoms with Crippen LogP contribution in [0.5, 0.6) is 0 Å². The first-order valence-corrected chi connectivity index (χ1v) is 13.7. The van der Waals surface area contributed by atoms with E-state index in [0.717, 1.165) is 25.7 Å². The second-order valence-corrected chi connectivity index (χ2v) is 11.2. The number of nitrogens with zero attached hydrogens (tertiary/aromatic N) is 1. The Morgan fingerprint density at radius 2 is 1.50 bits per heavy atom. The SMILES string of the molecule is CC(Sc1nc2ccc(NC(=O)c3ccccc3F)cc2s1)C(=O)NC(c1ccccc1)c1ccccc1. The summed E-state index contributed by atoms with van der Waals surface area (Å²) in [4.78, 5) is 30.4. The van der Waals surface area contributed by atoms with Gasteiger partial charge in [0.05, 0.1) is 27.1 Å². The van der Waals surface area contributed by atoms with E-state index in [9.17, 15) is 14.0 Å². The fraction of sp³-hybridized carbons (Fsp3) is 0.100. The van der Waals surface area contributed by atoms with Crippen molar-refractivity contribution in [3.05, 3.63) is 126 Å². The first kappa shape index (κ1) is 25.6. The molecule has 0 bridgehead atoms. The monoisotopic (exact) mass is 541 g/mol. The van der Waals surface area contributed by atoms with Crippen LogP contribution in [-0.4, -0.2) is 22.0 Å². The van der Waals surface area contributed by atoms with Gasteiger partial charge in [0.2, 0.25) is 5.91 Å². The van der Waals surface area contributed by atoms with Crippen LogP contribution in [-0.2, 0) is 4.79 Å². The van der Waals surface area contributed by atoms with E-state index in [1.165, 1.54) is 35.2 Å². The number of nitrogens with one attached hydrogen (secondary N) is 2. The predicted octanol–water partition coefficient (Wildman–Crippen LogP) is 7.07. The van der Waals surface area contributed by atoms with E-state index >= 15 is 0 Å². The molecule has 190 valence electrons. The smallest absolute Gasteiger partial charge is 0.258 e. The minimum atomic E-state index is -0.573. The second kappa shape index (κ2) is 11.6. The van der Waals surface area contributed by atoms with Crippen molar-refractivity contribution in [2.75, 3.05) is 5.32 Å². The summed E-state index contributed by atoms with van der Waals surface area (Å²) in [6, 6.07) is 30.7. The lowest BCUT2D eigenvalue weighted by Crippen LogP contribution is -2.34. The number of carbonyl (C=O) groups excluding carboxylic acids is 2. The Labute approximate surface area is 228 Å². The van der Waals surface area contributed by atoms with Crippen molar-refractivity contribution >= 4 is 50.8 Å². The summed E-state index contributed by atoms with van der Waals surface area (Å²) in [5, 5.41) is 5.55. The minimum absolute atomic E-state index is 0.0164. The van der Waals surface area contributed by atoms with Gasteiger partial charge in [-0.1, -0.05) is 84.6 Å². The first-order valence-electron chi connectivity index (χ1n) is 12.0. The van der Waals surface area contributed by atoms with Gasteiger partial charge in [0.1, 0.15) is 5.82 Å². The number of carbonyl (C=O) groups is 2. The molecule has 0 saturated carbocycles. The van der Waals surface area contributed by atoms with Crippen LogP contribution in [0.15, 0.2) is 107 Å². The predicted molar refractivity (Wildman–Crippen MR) is 152 cm³/mol. The van der Waals surface area contributed by atoms with E-state index in [2.05, 4.69) is 15.6 Å². The molecule has 1 unspecified atom stereocenters. The summed E-state index contributed by atoms with van der Waals surface area (Å²) in [6.07, 6.45) is 0. The Balaban J connectivity index is 1.28. The molecule has 1 atom stereocenters.